The number of hydrogen-bond donors (Lipinski definition) is 1. The van der Waals surface area contributed by atoms with Gasteiger partial charge in [-0.3, -0.25) is 0 Å². The van der Waals surface area contributed by atoms with E-state index in [2.05, 4.69) is 5.32 Å². The Morgan fingerprint density at radius 1 is 1.19 bits per heavy atom. The van der Waals surface area contributed by atoms with Crippen LogP contribution < -0.4 is 5.32 Å². The van der Waals surface area contributed by atoms with E-state index in [4.69, 9.17) is 16.3 Å². The Hall–Kier alpha value is -1.42. The molecule has 0 spiro atoms. The Labute approximate surface area is 128 Å². The molecule has 3 rings (SSSR count). The first-order chi connectivity index (χ1) is 10.2. The van der Waals surface area contributed by atoms with Crippen LogP contribution in [0.5, 0.6) is 0 Å². The number of rotatable bonds is 4. The van der Waals surface area contributed by atoms with Gasteiger partial charge in [0.25, 0.3) is 0 Å². The van der Waals surface area contributed by atoms with Gasteiger partial charge in [-0.15, -0.1) is 0 Å². The lowest BCUT2D eigenvalue weighted by Gasteiger charge is -2.14. The van der Waals surface area contributed by atoms with Crippen molar-refractivity contribution in [2.45, 2.75) is 19.1 Å². The highest BCUT2D eigenvalue weighted by molar-refractivity contribution is 6.33. The number of ether oxygens (including phenoxy) is 1. The van der Waals surface area contributed by atoms with Crippen LogP contribution in [0.2, 0.25) is 5.02 Å². The highest BCUT2D eigenvalue weighted by atomic mass is 35.5. The van der Waals surface area contributed by atoms with Gasteiger partial charge in [0, 0.05) is 17.1 Å². The van der Waals surface area contributed by atoms with E-state index in [-0.39, 0.29) is 11.9 Å². The first-order valence-corrected chi connectivity index (χ1v) is 7.47. The molecule has 110 valence electrons. The number of benzene rings is 2. The van der Waals surface area contributed by atoms with E-state index in [1.54, 1.807) is 6.07 Å². The molecule has 2 aromatic carbocycles. The van der Waals surface area contributed by atoms with Crippen molar-refractivity contribution in [2.24, 2.45) is 0 Å². The van der Waals surface area contributed by atoms with E-state index in [9.17, 15) is 4.39 Å². The van der Waals surface area contributed by atoms with Gasteiger partial charge in [-0.2, -0.15) is 0 Å². The zero-order chi connectivity index (χ0) is 14.7. The van der Waals surface area contributed by atoms with E-state index in [0.717, 1.165) is 30.6 Å². The summed E-state index contributed by atoms with van der Waals surface area (Å²) in [5, 5.41) is 3.82. The van der Waals surface area contributed by atoms with Gasteiger partial charge in [0.2, 0.25) is 0 Å². The maximum Gasteiger partial charge on any atom is 0.123 e. The van der Waals surface area contributed by atoms with Gasteiger partial charge in [0.1, 0.15) is 5.82 Å². The third-order valence-corrected chi connectivity index (χ3v) is 4.06. The highest BCUT2D eigenvalue weighted by Crippen LogP contribution is 2.31. The lowest BCUT2D eigenvalue weighted by atomic mass is 10.00. The standard InChI is InChI=1S/C17H17ClFNO/c18-17-6-5-13(19)9-16(17)15-4-2-1-3-12(15)11-21-14-7-8-20-10-14/h1-6,9,14,20H,7-8,10-11H2/t14-/m0/s1. The molecular weight excluding hydrogens is 289 g/mol. The summed E-state index contributed by atoms with van der Waals surface area (Å²) in [5.41, 5.74) is 2.66. The summed E-state index contributed by atoms with van der Waals surface area (Å²) in [5.74, 6) is -0.287. The highest BCUT2D eigenvalue weighted by Gasteiger charge is 2.16. The molecule has 0 amide bonds. The predicted octanol–water partition coefficient (Wildman–Crippen LogP) is 4.02. The lowest BCUT2D eigenvalue weighted by molar-refractivity contribution is 0.0545. The molecular formula is C17H17ClFNO. The molecule has 2 aromatic rings. The molecule has 4 heteroatoms. The number of hydrogen-bond acceptors (Lipinski definition) is 2. The van der Waals surface area contributed by atoms with Crippen LogP contribution in [0.4, 0.5) is 4.39 Å². The fraction of sp³-hybridized carbons (Fsp3) is 0.294. The van der Waals surface area contributed by atoms with Crippen LogP contribution in [0.3, 0.4) is 0 Å². The maximum atomic E-state index is 13.5. The molecule has 1 fully saturated rings. The van der Waals surface area contributed by atoms with E-state index in [0.29, 0.717) is 17.2 Å². The van der Waals surface area contributed by atoms with E-state index >= 15 is 0 Å². The van der Waals surface area contributed by atoms with Crippen molar-refractivity contribution in [3.8, 4) is 11.1 Å². The SMILES string of the molecule is Fc1ccc(Cl)c(-c2ccccc2CO[C@H]2CCNC2)c1. The molecule has 0 aromatic heterocycles. The molecule has 0 unspecified atom stereocenters. The van der Waals surface area contributed by atoms with Crippen LogP contribution in [-0.2, 0) is 11.3 Å². The van der Waals surface area contributed by atoms with Crippen molar-refractivity contribution in [3.63, 3.8) is 0 Å². The molecule has 21 heavy (non-hydrogen) atoms. The minimum atomic E-state index is -0.287. The minimum absolute atomic E-state index is 0.251. The van der Waals surface area contributed by atoms with Crippen LogP contribution >= 0.6 is 11.6 Å². The van der Waals surface area contributed by atoms with Gasteiger partial charge in [-0.05, 0) is 42.3 Å². The molecule has 2 nitrogen and oxygen atoms in total. The topological polar surface area (TPSA) is 21.3 Å². The molecule has 1 N–H and O–H groups in total. The van der Waals surface area contributed by atoms with Crippen LogP contribution in [0, 0.1) is 5.82 Å². The fourth-order valence-corrected chi connectivity index (χ4v) is 2.81. The summed E-state index contributed by atoms with van der Waals surface area (Å²) in [4.78, 5) is 0. The van der Waals surface area contributed by atoms with E-state index < -0.39 is 0 Å². The van der Waals surface area contributed by atoms with E-state index in [1.807, 2.05) is 24.3 Å². The van der Waals surface area contributed by atoms with Crippen molar-refractivity contribution >= 4 is 11.6 Å². The molecule has 0 aliphatic carbocycles. The summed E-state index contributed by atoms with van der Waals surface area (Å²) in [6, 6.07) is 12.3. The zero-order valence-corrected chi connectivity index (χ0v) is 12.4. The molecule has 1 aliphatic heterocycles. The molecule has 0 saturated carbocycles. The van der Waals surface area contributed by atoms with Crippen LogP contribution in [0.1, 0.15) is 12.0 Å². The average Bonchev–Trinajstić information content (AvgIpc) is 3.01. The molecule has 1 heterocycles. The Kier molecular flexibility index (Phi) is 4.54. The maximum absolute atomic E-state index is 13.5. The second-order valence-corrected chi connectivity index (χ2v) is 5.61. The van der Waals surface area contributed by atoms with Gasteiger partial charge in [-0.1, -0.05) is 35.9 Å². The smallest absolute Gasteiger partial charge is 0.123 e. The van der Waals surface area contributed by atoms with Crippen molar-refractivity contribution in [1.29, 1.82) is 0 Å². The molecule has 0 radical (unpaired) electrons. The van der Waals surface area contributed by atoms with Crippen LogP contribution in [-0.4, -0.2) is 19.2 Å². The number of nitrogens with one attached hydrogen (secondary N) is 1. The van der Waals surface area contributed by atoms with Crippen LogP contribution in [0.15, 0.2) is 42.5 Å². The summed E-state index contributed by atoms with van der Waals surface area (Å²) < 4.78 is 19.4. The third kappa shape index (κ3) is 3.43. The van der Waals surface area contributed by atoms with E-state index in [1.165, 1.54) is 12.1 Å². The zero-order valence-electron chi connectivity index (χ0n) is 11.6. The van der Waals surface area contributed by atoms with Crippen molar-refractivity contribution in [3.05, 3.63) is 58.9 Å². The summed E-state index contributed by atoms with van der Waals surface area (Å²) in [7, 11) is 0. The Balaban J connectivity index is 1.86. The van der Waals surface area contributed by atoms with Gasteiger partial charge >= 0.3 is 0 Å². The third-order valence-electron chi connectivity index (χ3n) is 3.73. The number of halogens is 2. The van der Waals surface area contributed by atoms with Gasteiger partial charge in [-0.25, -0.2) is 4.39 Å². The molecule has 1 saturated heterocycles. The Morgan fingerprint density at radius 2 is 2.05 bits per heavy atom. The van der Waals surface area contributed by atoms with Crippen LogP contribution in [0.25, 0.3) is 11.1 Å². The fourth-order valence-electron chi connectivity index (χ4n) is 2.59. The van der Waals surface area contributed by atoms with Gasteiger partial charge in [0.05, 0.1) is 12.7 Å². The normalized spacial score (nSPS) is 18.1. The van der Waals surface area contributed by atoms with Crippen molar-refractivity contribution < 1.29 is 9.13 Å². The Morgan fingerprint density at radius 3 is 2.86 bits per heavy atom. The van der Waals surface area contributed by atoms with Crippen molar-refractivity contribution in [2.75, 3.05) is 13.1 Å². The first kappa shape index (κ1) is 14.5. The first-order valence-electron chi connectivity index (χ1n) is 7.09. The second kappa shape index (κ2) is 6.56. The summed E-state index contributed by atoms with van der Waals surface area (Å²) in [6.07, 6.45) is 1.28. The largest absolute Gasteiger partial charge is 0.372 e. The predicted molar refractivity (Wildman–Crippen MR) is 82.9 cm³/mol. The van der Waals surface area contributed by atoms with Crippen molar-refractivity contribution in [1.82, 2.24) is 5.32 Å². The average molecular weight is 306 g/mol. The van der Waals surface area contributed by atoms with Gasteiger partial charge < -0.3 is 10.1 Å². The molecule has 1 atom stereocenters. The monoisotopic (exact) mass is 305 g/mol. The summed E-state index contributed by atoms with van der Waals surface area (Å²) >= 11 is 6.21. The Bertz CT molecular complexity index is 626. The minimum Gasteiger partial charge on any atom is -0.372 e. The molecule has 1 aliphatic rings. The quantitative estimate of drug-likeness (QED) is 0.921. The summed E-state index contributed by atoms with van der Waals surface area (Å²) in [6.45, 7) is 2.40. The second-order valence-electron chi connectivity index (χ2n) is 5.21. The lowest BCUT2D eigenvalue weighted by Crippen LogP contribution is -2.16. The van der Waals surface area contributed by atoms with Gasteiger partial charge in [0.15, 0.2) is 0 Å². The molecule has 0 bridgehead atoms.